The van der Waals surface area contributed by atoms with Gasteiger partial charge in [-0.05, 0) is 189 Å². The fourth-order valence-electron chi connectivity index (χ4n) is 10.9. The molecule has 4 aliphatic heterocycles. The van der Waals surface area contributed by atoms with Crippen LogP contribution >= 0.6 is 0 Å². The Balaban J connectivity index is 0.000000237. The molecular weight excluding hydrogens is 1140 g/mol. The number of carbonyl (C=O) groups is 1. The van der Waals surface area contributed by atoms with Crippen molar-refractivity contribution in [3.63, 3.8) is 0 Å². The highest BCUT2D eigenvalue weighted by Gasteiger charge is 2.47. The molecule has 23 heteroatoms. The number of nitrogens with zero attached hydrogens (tertiary/aromatic N) is 5. The SMILES string of the molecule is CCC(c1ccc(OC(F)(F)F)cc1)N1CCCCC1C.C[C@H]1CCCCN1.O=Cc1ccc(OC(F)(F)F)cc1.[C-]#[N+]C(CC)(c1ccc(OC(F)(F)F)cc1)N1CCCCC1C.[C-]#[N+]C(c1ccc(OC(F)(F)F)cc1)N1CCCCC1C. The number of hydrogen-bond donors (Lipinski definition) is 1. The van der Waals surface area contributed by atoms with E-state index in [-0.39, 0.29) is 35.1 Å². The maximum Gasteiger partial charge on any atom is 0.573 e. The van der Waals surface area contributed by atoms with Gasteiger partial charge in [-0.3, -0.25) is 19.4 Å². The van der Waals surface area contributed by atoms with Crippen molar-refractivity contribution in [2.75, 3.05) is 26.2 Å². The first kappa shape index (κ1) is 71.2. The summed E-state index contributed by atoms with van der Waals surface area (Å²) in [4.78, 5) is 24.4. The molecular formula is C62H78F12N6O5. The van der Waals surface area contributed by atoms with Crippen molar-refractivity contribution in [1.82, 2.24) is 20.0 Å². The number of piperidine rings is 4. The Morgan fingerprint density at radius 3 is 1.27 bits per heavy atom. The van der Waals surface area contributed by atoms with E-state index >= 15 is 0 Å². The molecule has 0 saturated carbocycles. The molecule has 0 amide bonds. The van der Waals surface area contributed by atoms with Crippen LogP contribution in [0.3, 0.4) is 0 Å². The monoisotopic (exact) mass is 1210 g/mol. The van der Waals surface area contributed by atoms with Gasteiger partial charge >= 0.3 is 37.3 Å². The third-order valence-electron chi connectivity index (χ3n) is 15.2. The second-order valence-corrected chi connectivity index (χ2v) is 21.3. The van der Waals surface area contributed by atoms with Gasteiger partial charge in [0.1, 0.15) is 29.3 Å². The average Bonchev–Trinajstić information content (AvgIpc) is 1.85. The van der Waals surface area contributed by atoms with Crippen LogP contribution in [0.4, 0.5) is 52.7 Å². The Morgan fingerprint density at radius 2 is 0.929 bits per heavy atom. The number of benzene rings is 4. The van der Waals surface area contributed by atoms with Crippen LogP contribution in [0.1, 0.15) is 171 Å². The fraction of sp³-hybridized carbons (Fsp3) is 0.565. The molecule has 11 nitrogen and oxygen atoms in total. The second-order valence-electron chi connectivity index (χ2n) is 21.3. The minimum absolute atomic E-state index is 0.159. The van der Waals surface area contributed by atoms with Crippen molar-refractivity contribution < 1.29 is 76.4 Å². The van der Waals surface area contributed by atoms with E-state index in [2.05, 4.69) is 83.3 Å². The highest BCUT2D eigenvalue weighted by atomic mass is 19.4. The molecule has 6 unspecified atom stereocenters. The van der Waals surface area contributed by atoms with Crippen LogP contribution in [-0.2, 0) is 5.66 Å². The molecule has 470 valence electrons. The molecule has 0 bridgehead atoms. The van der Waals surface area contributed by atoms with Gasteiger partial charge in [-0.25, -0.2) is 22.9 Å². The molecule has 0 aliphatic carbocycles. The molecule has 4 aromatic carbocycles. The van der Waals surface area contributed by atoms with Gasteiger partial charge in [0.05, 0.1) is 11.1 Å². The van der Waals surface area contributed by atoms with Gasteiger partial charge in [0.2, 0.25) is 0 Å². The summed E-state index contributed by atoms with van der Waals surface area (Å²) in [6.07, 6.45) is -2.82. The quantitative estimate of drug-likeness (QED) is 0.0799. The number of ether oxygens (including phenoxy) is 4. The lowest BCUT2D eigenvalue weighted by Gasteiger charge is -2.40. The largest absolute Gasteiger partial charge is 0.573 e. The summed E-state index contributed by atoms with van der Waals surface area (Å²) in [5, 5.41) is 3.38. The number of halogens is 12. The maximum atomic E-state index is 12.3. The van der Waals surface area contributed by atoms with E-state index in [1.165, 1.54) is 106 Å². The molecule has 4 saturated heterocycles. The molecule has 0 aromatic heterocycles. The van der Waals surface area contributed by atoms with Gasteiger partial charge < -0.3 is 24.3 Å². The standard InChI is InChI=1S/C17H21F3N2O.C16H22F3NO.C15H17F3N2O.C8H5F3O2.C6H13N/c1-4-16(21-3,22-12-6-5-7-13(22)2)14-8-10-15(11-9-14)23-17(18,19)20;1-3-15(20-11-5-4-6-12(20)2)13-7-9-14(10-8-13)21-16(17,18)19;1-11-5-3-4-10-20(11)14(19-2)12-6-8-13(9-7-12)21-15(16,17)18;9-8(10,11)13-7-3-1-6(5-12)2-4-7;1-6-4-2-3-5-7-6/h8-11,13H,4-7,12H2,1-2H3;7-10,12,15H,3-6,11H2,1-2H3;6-9,11,14H,3-5,10H2,1H3;1-5H;6-7H,2-5H2,1H3/t;;;;6-/m....0/s1. The number of rotatable bonds is 13. The van der Waals surface area contributed by atoms with Gasteiger partial charge in [-0.15, -0.1) is 52.7 Å². The fourth-order valence-corrected chi connectivity index (χ4v) is 10.9. The van der Waals surface area contributed by atoms with E-state index < -0.39 is 37.3 Å². The second kappa shape index (κ2) is 33.6. The van der Waals surface area contributed by atoms with E-state index in [0.717, 1.165) is 93.9 Å². The average molecular weight is 1220 g/mol. The van der Waals surface area contributed by atoms with E-state index in [0.29, 0.717) is 35.9 Å². The highest BCUT2D eigenvalue weighted by molar-refractivity contribution is 5.74. The summed E-state index contributed by atoms with van der Waals surface area (Å²) in [6, 6.07) is 24.4. The lowest BCUT2D eigenvalue weighted by atomic mass is 9.90. The molecule has 0 spiro atoms. The molecule has 4 aromatic rings. The Kier molecular flexibility index (Phi) is 28.1. The Morgan fingerprint density at radius 1 is 0.529 bits per heavy atom. The zero-order chi connectivity index (χ0) is 63.0. The zero-order valence-electron chi connectivity index (χ0n) is 48.8. The van der Waals surface area contributed by atoms with E-state index in [1.54, 1.807) is 24.3 Å². The minimum Gasteiger partial charge on any atom is -0.406 e. The first-order chi connectivity index (χ1) is 40.0. The summed E-state index contributed by atoms with van der Waals surface area (Å²) in [5.41, 5.74) is 1.96. The highest BCUT2D eigenvalue weighted by Crippen LogP contribution is 2.40. The Labute approximate surface area is 491 Å². The van der Waals surface area contributed by atoms with Gasteiger partial charge in [0, 0.05) is 55.3 Å². The number of alkyl halides is 12. The third kappa shape index (κ3) is 24.6. The summed E-state index contributed by atoms with van der Waals surface area (Å²) < 4.78 is 160. The Hall–Kier alpha value is -6.27. The maximum absolute atomic E-state index is 12.3. The summed E-state index contributed by atoms with van der Waals surface area (Å²) in [6.45, 7) is 31.8. The first-order valence-electron chi connectivity index (χ1n) is 28.7. The minimum atomic E-state index is -4.70. The van der Waals surface area contributed by atoms with Crippen LogP contribution in [0.25, 0.3) is 9.69 Å². The van der Waals surface area contributed by atoms with Gasteiger partial charge in [-0.2, -0.15) is 0 Å². The van der Waals surface area contributed by atoms with Crippen LogP contribution < -0.4 is 24.3 Å². The van der Waals surface area contributed by atoms with Gasteiger partial charge in [0.25, 0.3) is 0 Å². The molecule has 4 aliphatic rings. The van der Waals surface area contributed by atoms with Crippen molar-refractivity contribution >= 4 is 6.29 Å². The van der Waals surface area contributed by atoms with Crippen LogP contribution in [0.2, 0.25) is 0 Å². The molecule has 7 atom stereocenters. The van der Waals surface area contributed by atoms with Crippen molar-refractivity contribution in [2.45, 2.75) is 199 Å². The van der Waals surface area contributed by atoms with Crippen LogP contribution in [-0.4, -0.2) is 96.8 Å². The summed E-state index contributed by atoms with van der Waals surface area (Å²) >= 11 is 0. The molecule has 4 heterocycles. The van der Waals surface area contributed by atoms with E-state index in [1.807, 2.05) is 6.92 Å². The lowest BCUT2D eigenvalue weighted by molar-refractivity contribution is -0.275. The molecule has 8 rings (SSSR count). The van der Waals surface area contributed by atoms with Crippen molar-refractivity contribution in [1.29, 1.82) is 0 Å². The number of aldehydes is 1. The molecule has 85 heavy (non-hydrogen) atoms. The third-order valence-corrected chi connectivity index (χ3v) is 15.2. The topological polar surface area (TPSA) is 84.5 Å². The number of likely N-dealkylation sites (tertiary alicyclic amines) is 3. The number of hydrogen-bond acceptors (Lipinski definition) is 9. The number of nitrogens with one attached hydrogen (secondary N) is 1. The number of carbonyl (C=O) groups excluding carboxylic acids is 1. The van der Waals surface area contributed by atoms with E-state index in [9.17, 15) is 57.5 Å². The van der Waals surface area contributed by atoms with Gasteiger partial charge in [-0.1, -0.05) is 51.7 Å². The van der Waals surface area contributed by atoms with Crippen molar-refractivity contribution in [2.24, 2.45) is 0 Å². The Bertz CT molecular complexity index is 2640. The first-order valence-corrected chi connectivity index (χ1v) is 28.7. The molecule has 0 radical (unpaired) electrons. The molecule has 4 fully saturated rings. The van der Waals surface area contributed by atoms with Crippen LogP contribution in [0.15, 0.2) is 97.1 Å². The van der Waals surface area contributed by atoms with E-state index in [4.69, 9.17) is 13.1 Å². The predicted octanol–water partition coefficient (Wildman–Crippen LogP) is 17.8. The van der Waals surface area contributed by atoms with Crippen LogP contribution in [0.5, 0.6) is 23.0 Å². The molecule has 1 N–H and O–H groups in total. The lowest BCUT2D eigenvalue weighted by Crippen LogP contribution is -2.50. The van der Waals surface area contributed by atoms with Crippen molar-refractivity contribution in [3.05, 3.63) is 142 Å². The zero-order valence-corrected chi connectivity index (χ0v) is 48.8. The smallest absolute Gasteiger partial charge is 0.406 e. The summed E-state index contributed by atoms with van der Waals surface area (Å²) in [7, 11) is 0. The predicted molar refractivity (Wildman–Crippen MR) is 300 cm³/mol. The summed E-state index contributed by atoms with van der Waals surface area (Å²) in [5.74, 6) is -1.02. The normalized spacial score (nSPS) is 21.2. The van der Waals surface area contributed by atoms with Gasteiger partial charge in [0.15, 0.2) is 0 Å². The van der Waals surface area contributed by atoms with Crippen LogP contribution in [0, 0.1) is 13.1 Å². The van der Waals surface area contributed by atoms with Crippen molar-refractivity contribution in [3.8, 4) is 23.0 Å².